The van der Waals surface area contributed by atoms with Crippen molar-refractivity contribution in [2.75, 3.05) is 17.2 Å². The molecule has 0 bridgehead atoms. The van der Waals surface area contributed by atoms with Gasteiger partial charge in [-0.05, 0) is 39.0 Å². The first-order chi connectivity index (χ1) is 9.81. The summed E-state index contributed by atoms with van der Waals surface area (Å²) in [4.78, 5) is 27.2. The van der Waals surface area contributed by atoms with E-state index in [9.17, 15) is 9.59 Å². The molecule has 1 heterocycles. The second-order valence-electron chi connectivity index (χ2n) is 6.13. The Bertz CT molecular complexity index is 564. The summed E-state index contributed by atoms with van der Waals surface area (Å²) in [7, 11) is 0. The lowest BCUT2D eigenvalue weighted by Gasteiger charge is -2.29. The topological polar surface area (TPSA) is 49.4 Å². The average molecular weight is 306 g/mol. The zero-order valence-corrected chi connectivity index (χ0v) is 13.8. The van der Waals surface area contributed by atoms with Crippen molar-refractivity contribution in [2.24, 2.45) is 0 Å². The van der Waals surface area contributed by atoms with Gasteiger partial charge in [0.2, 0.25) is 5.91 Å². The Hall–Kier alpha value is -1.49. The van der Waals surface area contributed by atoms with Crippen LogP contribution in [0.3, 0.4) is 0 Å². The van der Waals surface area contributed by atoms with Gasteiger partial charge >= 0.3 is 0 Å². The van der Waals surface area contributed by atoms with E-state index in [0.717, 1.165) is 16.3 Å². The van der Waals surface area contributed by atoms with Crippen molar-refractivity contribution in [3.05, 3.63) is 23.8 Å². The van der Waals surface area contributed by atoms with Gasteiger partial charge in [0.25, 0.3) is 5.91 Å². The molecule has 0 saturated carbocycles. The third-order valence-corrected chi connectivity index (χ3v) is 4.22. The molecule has 114 valence electrons. The second-order valence-corrected chi connectivity index (χ2v) is 7.27. The normalized spacial score (nSPS) is 14.6. The maximum absolute atomic E-state index is 12.3. The van der Waals surface area contributed by atoms with Crippen LogP contribution in [-0.4, -0.2) is 29.7 Å². The molecule has 2 amide bonds. The van der Waals surface area contributed by atoms with Gasteiger partial charge in [-0.25, -0.2) is 0 Å². The number of nitrogens with one attached hydrogen (secondary N) is 1. The molecular weight excluding hydrogens is 284 g/mol. The standard InChI is InChI=1S/C16H22N2O2S/c1-5-14(19)18-8-9-21-13-7-6-11(10-12(13)18)15(20)17-16(2,3)4/h6-7,10H,5,8-9H2,1-4H3,(H,17,20). The monoisotopic (exact) mass is 306 g/mol. The molecule has 0 aliphatic carbocycles. The van der Waals surface area contributed by atoms with Crippen molar-refractivity contribution >= 4 is 29.3 Å². The molecule has 0 fully saturated rings. The van der Waals surface area contributed by atoms with E-state index in [2.05, 4.69) is 5.32 Å². The first-order valence-corrected chi connectivity index (χ1v) is 8.20. The zero-order chi connectivity index (χ0) is 15.6. The molecular formula is C16H22N2O2S. The summed E-state index contributed by atoms with van der Waals surface area (Å²) in [5.74, 6) is 0.890. The summed E-state index contributed by atoms with van der Waals surface area (Å²) in [6, 6.07) is 5.59. The number of amides is 2. The smallest absolute Gasteiger partial charge is 0.251 e. The highest BCUT2D eigenvalue weighted by Gasteiger charge is 2.24. The molecule has 1 aromatic rings. The number of rotatable bonds is 2. The first-order valence-electron chi connectivity index (χ1n) is 7.21. The highest BCUT2D eigenvalue weighted by Crippen LogP contribution is 2.35. The minimum absolute atomic E-state index is 0.102. The molecule has 1 aliphatic rings. The Labute approximate surface area is 130 Å². The van der Waals surface area contributed by atoms with E-state index < -0.39 is 0 Å². The van der Waals surface area contributed by atoms with Crippen LogP contribution in [0.25, 0.3) is 0 Å². The molecule has 0 unspecified atom stereocenters. The van der Waals surface area contributed by atoms with E-state index in [-0.39, 0.29) is 17.4 Å². The van der Waals surface area contributed by atoms with Gasteiger partial charge in [-0.2, -0.15) is 0 Å². The maximum Gasteiger partial charge on any atom is 0.251 e. The molecule has 0 spiro atoms. The van der Waals surface area contributed by atoms with Crippen molar-refractivity contribution in [2.45, 2.75) is 44.6 Å². The summed E-state index contributed by atoms with van der Waals surface area (Å²) in [5.41, 5.74) is 1.18. The van der Waals surface area contributed by atoms with Crippen LogP contribution in [0.2, 0.25) is 0 Å². The van der Waals surface area contributed by atoms with Crippen LogP contribution in [0.5, 0.6) is 0 Å². The fourth-order valence-corrected chi connectivity index (χ4v) is 3.20. The summed E-state index contributed by atoms with van der Waals surface area (Å²) in [6.45, 7) is 8.42. The van der Waals surface area contributed by atoms with Crippen LogP contribution >= 0.6 is 11.8 Å². The number of anilines is 1. The van der Waals surface area contributed by atoms with Crippen molar-refractivity contribution in [1.29, 1.82) is 0 Å². The Kier molecular flexibility index (Phi) is 4.61. The Morgan fingerprint density at radius 2 is 2.05 bits per heavy atom. The van der Waals surface area contributed by atoms with Crippen LogP contribution in [0, 0.1) is 0 Å². The quantitative estimate of drug-likeness (QED) is 0.913. The van der Waals surface area contributed by atoms with Gasteiger partial charge in [-0.3, -0.25) is 9.59 Å². The molecule has 0 atom stereocenters. The van der Waals surface area contributed by atoms with Crippen molar-refractivity contribution in [1.82, 2.24) is 5.32 Å². The Morgan fingerprint density at radius 1 is 1.33 bits per heavy atom. The number of hydrogen-bond donors (Lipinski definition) is 1. The van der Waals surface area contributed by atoms with Gasteiger partial charge in [0.15, 0.2) is 0 Å². The molecule has 0 aromatic heterocycles. The lowest BCUT2D eigenvalue weighted by Crippen LogP contribution is -2.41. The van der Waals surface area contributed by atoms with Gasteiger partial charge in [-0.1, -0.05) is 6.92 Å². The Balaban J connectivity index is 2.32. The second kappa shape index (κ2) is 6.10. The minimum Gasteiger partial charge on any atom is -0.347 e. The van der Waals surface area contributed by atoms with E-state index in [1.54, 1.807) is 16.7 Å². The lowest BCUT2D eigenvalue weighted by molar-refractivity contribution is -0.118. The fraction of sp³-hybridized carbons (Fsp3) is 0.500. The first kappa shape index (κ1) is 15.9. The maximum atomic E-state index is 12.3. The largest absolute Gasteiger partial charge is 0.347 e. The van der Waals surface area contributed by atoms with Crippen LogP contribution < -0.4 is 10.2 Å². The lowest BCUT2D eigenvalue weighted by atomic mass is 10.1. The van der Waals surface area contributed by atoms with Gasteiger partial charge in [0, 0.05) is 34.7 Å². The molecule has 0 radical (unpaired) electrons. The number of thioether (sulfide) groups is 1. The zero-order valence-electron chi connectivity index (χ0n) is 13.0. The van der Waals surface area contributed by atoms with Crippen molar-refractivity contribution in [3.63, 3.8) is 0 Å². The number of hydrogen-bond acceptors (Lipinski definition) is 3. The number of carbonyl (C=O) groups excluding carboxylic acids is 2. The molecule has 0 saturated heterocycles. The van der Waals surface area contributed by atoms with Gasteiger partial charge < -0.3 is 10.2 Å². The molecule has 1 aromatic carbocycles. The van der Waals surface area contributed by atoms with E-state index >= 15 is 0 Å². The number of benzene rings is 1. The van der Waals surface area contributed by atoms with E-state index in [1.807, 2.05) is 45.9 Å². The summed E-state index contributed by atoms with van der Waals surface area (Å²) in [6.07, 6.45) is 0.475. The molecule has 1 N–H and O–H groups in total. The summed E-state index contributed by atoms with van der Waals surface area (Å²) in [5, 5.41) is 2.95. The third kappa shape index (κ3) is 3.79. The summed E-state index contributed by atoms with van der Waals surface area (Å²) >= 11 is 1.73. The molecule has 2 rings (SSSR count). The highest BCUT2D eigenvalue weighted by atomic mass is 32.2. The molecule has 4 nitrogen and oxygen atoms in total. The van der Waals surface area contributed by atoms with Crippen LogP contribution in [0.4, 0.5) is 5.69 Å². The van der Waals surface area contributed by atoms with Crippen molar-refractivity contribution < 1.29 is 9.59 Å². The van der Waals surface area contributed by atoms with E-state index in [0.29, 0.717) is 18.5 Å². The number of nitrogens with zero attached hydrogens (tertiary/aromatic N) is 1. The van der Waals surface area contributed by atoms with Crippen LogP contribution in [0.15, 0.2) is 23.1 Å². The Morgan fingerprint density at radius 3 is 2.67 bits per heavy atom. The predicted molar refractivity (Wildman–Crippen MR) is 87.0 cm³/mol. The highest BCUT2D eigenvalue weighted by molar-refractivity contribution is 7.99. The van der Waals surface area contributed by atoms with Gasteiger partial charge in [-0.15, -0.1) is 11.8 Å². The van der Waals surface area contributed by atoms with Crippen LogP contribution in [0.1, 0.15) is 44.5 Å². The van der Waals surface area contributed by atoms with E-state index in [4.69, 9.17) is 0 Å². The summed E-state index contributed by atoms with van der Waals surface area (Å²) < 4.78 is 0. The molecule has 1 aliphatic heterocycles. The average Bonchev–Trinajstić information content (AvgIpc) is 2.43. The van der Waals surface area contributed by atoms with Crippen molar-refractivity contribution in [3.8, 4) is 0 Å². The molecule has 21 heavy (non-hydrogen) atoms. The predicted octanol–water partition coefficient (Wildman–Crippen LogP) is 3.06. The fourth-order valence-electron chi connectivity index (χ4n) is 2.22. The van der Waals surface area contributed by atoms with Gasteiger partial charge in [0.05, 0.1) is 5.69 Å². The third-order valence-electron chi connectivity index (χ3n) is 3.18. The SMILES string of the molecule is CCC(=O)N1CCSc2ccc(C(=O)NC(C)(C)C)cc21. The number of fused-ring (bicyclic) bond motifs is 1. The molecule has 5 heteroatoms. The van der Waals surface area contributed by atoms with Gasteiger partial charge in [0.1, 0.15) is 0 Å². The van der Waals surface area contributed by atoms with E-state index in [1.165, 1.54) is 0 Å². The van der Waals surface area contributed by atoms with Crippen LogP contribution in [-0.2, 0) is 4.79 Å². The number of carbonyl (C=O) groups is 2. The minimum atomic E-state index is -0.277.